The lowest BCUT2D eigenvalue weighted by Gasteiger charge is -2.11. The molecule has 2 heterocycles. The molecule has 1 unspecified atom stereocenters. The van der Waals surface area contributed by atoms with Gasteiger partial charge in [0.15, 0.2) is 0 Å². The molecule has 0 saturated heterocycles. The Morgan fingerprint density at radius 1 is 1.58 bits per heavy atom. The predicted molar refractivity (Wildman–Crippen MR) is 71.3 cm³/mol. The summed E-state index contributed by atoms with van der Waals surface area (Å²) in [6, 6.07) is 1.45. The largest absolute Gasteiger partial charge is 0.329 e. The Hall–Kier alpha value is -2.20. The van der Waals surface area contributed by atoms with Crippen LogP contribution < -0.4 is 11.2 Å². The zero-order chi connectivity index (χ0) is 14.0. The topological polar surface area (TPSA) is 91.5 Å². The van der Waals surface area contributed by atoms with E-state index in [2.05, 4.69) is 9.97 Å². The molecule has 0 aromatic carbocycles. The first-order valence-electron chi connectivity index (χ1n) is 5.77. The summed E-state index contributed by atoms with van der Waals surface area (Å²) in [7, 11) is 0. The first-order valence-corrected chi connectivity index (χ1v) is 6.58. The fraction of sp³-hybridized carbons (Fsp3) is 0.333. The number of aromatic amines is 1. The summed E-state index contributed by atoms with van der Waals surface area (Å²) in [5.41, 5.74) is -1.28. The van der Waals surface area contributed by atoms with Crippen LogP contribution in [-0.4, -0.2) is 14.5 Å². The van der Waals surface area contributed by atoms with Crippen LogP contribution in [0.25, 0.3) is 0 Å². The van der Waals surface area contributed by atoms with Crippen molar-refractivity contribution in [1.29, 1.82) is 5.26 Å². The number of rotatable bonds is 3. The molecule has 0 fully saturated rings. The second-order valence-electron chi connectivity index (χ2n) is 4.02. The lowest BCUT2D eigenvalue weighted by Crippen LogP contribution is -2.33. The highest BCUT2D eigenvalue weighted by molar-refractivity contribution is 7.11. The smallest absolute Gasteiger partial charge is 0.290 e. The van der Waals surface area contributed by atoms with E-state index < -0.39 is 11.2 Å². The molecule has 2 rings (SSSR count). The zero-order valence-electron chi connectivity index (χ0n) is 10.5. The Morgan fingerprint density at radius 2 is 2.32 bits per heavy atom. The maximum Gasteiger partial charge on any atom is 0.329 e. The van der Waals surface area contributed by atoms with Gasteiger partial charge in [-0.1, -0.05) is 6.92 Å². The minimum atomic E-state index is -0.663. The minimum absolute atomic E-state index is 0.0845. The van der Waals surface area contributed by atoms with Crippen molar-refractivity contribution >= 4 is 11.3 Å². The fourth-order valence-corrected chi connectivity index (χ4v) is 2.56. The molecule has 0 aliphatic rings. The maximum atomic E-state index is 11.8. The Kier molecular flexibility index (Phi) is 3.62. The average Bonchev–Trinajstić information content (AvgIpc) is 2.87. The molecule has 1 atom stereocenters. The quantitative estimate of drug-likeness (QED) is 0.906. The van der Waals surface area contributed by atoms with Gasteiger partial charge in [0, 0.05) is 17.3 Å². The van der Waals surface area contributed by atoms with Crippen LogP contribution in [0.2, 0.25) is 0 Å². The molecule has 0 saturated carbocycles. The summed E-state index contributed by atoms with van der Waals surface area (Å²) >= 11 is 1.52. The molecule has 0 radical (unpaired) electrons. The number of nitrogens with zero attached hydrogens (tertiary/aromatic N) is 3. The Morgan fingerprint density at radius 3 is 2.89 bits per heavy atom. The molecule has 98 valence electrons. The van der Waals surface area contributed by atoms with E-state index in [-0.39, 0.29) is 11.6 Å². The van der Waals surface area contributed by atoms with Crippen molar-refractivity contribution in [3.8, 4) is 6.07 Å². The van der Waals surface area contributed by atoms with Crippen molar-refractivity contribution < 1.29 is 0 Å². The first-order chi connectivity index (χ1) is 9.06. The van der Waals surface area contributed by atoms with Gasteiger partial charge < -0.3 is 0 Å². The number of aromatic nitrogens is 3. The standard InChI is InChI=1S/C12H12N4O2S/c1-3-9-5-14-11(19-9)7(2)16-6-8(4-13)10(17)15-12(16)18/h5-7H,3H2,1-2H3,(H,15,17,18). The van der Waals surface area contributed by atoms with E-state index in [0.717, 1.165) is 16.3 Å². The van der Waals surface area contributed by atoms with E-state index in [1.54, 1.807) is 19.2 Å². The van der Waals surface area contributed by atoms with Crippen LogP contribution in [0.3, 0.4) is 0 Å². The number of aryl methyl sites for hydroxylation is 1. The molecule has 2 aromatic rings. The Labute approximate surface area is 113 Å². The SMILES string of the molecule is CCc1cnc(C(C)n2cc(C#N)c(=O)[nH]c2=O)s1. The summed E-state index contributed by atoms with van der Waals surface area (Å²) in [5, 5.41) is 9.60. The van der Waals surface area contributed by atoms with Crippen LogP contribution in [0.4, 0.5) is 0 Å². The number of H-pyrrole nitrogens is 1. The number of nitriles is 1. The number of thiazole rings is 1. The molecule has 6 nitrogen and oxygen atoms in total. The van der Waals surface area contributed by atoms with Gasteiger partial charge in [0.2, 0.25) is 0 Å². The summed E-state index contributed by atoms with van der Waals surface area (Å²) in [5.74, 6) is 0. The number of hydrogen-bond donors (Lipinski definition) is 1. The van der Waals surface area contributed by atoms with Gasteiger partial charge >= 0.3 is 5.69 Å². The van der Waals surface area contributed by atoms with Crippen LogP contribution >= 0.6 is 11.3 Å². The van der Waals surface area contributed by atoms with Gasteiger partial charge in [0.25, 0.3) is 5.56 Å². The third-order valence-electron chi connectivity index (χ3n) is 2.78. The molecule has 0 spiro atoms. The normalized spacial score (nSPS) is 12.1. The van der Waals surface area contributed by atoms with Gasteiger partial charge in [-0.05, 0) is 13.3 Å². The van der Waals surface area contributed by atoms with Crippen LogP contribution in [0.5, 0.6) is 0 Å². The lowest BCUT2D eigenvalue weighted by molar-refractivity contribution is 0.590. The lowest BCUT2D eigenvalue weighted by atomic mass is 10.3. The second-order valence-corrected chi connectivity index (χ2v) is 5.16. The van der Waals surface area contributed by atoms with Crippen LogP contribution in [0.15, 0.2) is 22.0 Å². The van der Waals surface area contributed by atoms with Crippen molar-refractivity contribution in [2.24, 2.45) is 0 Å². The van der Waals surface area contributed by atoms with E-state index in [4.69, 9.17) is 5.26 Å². The highest BCUT2D eigenvalue weighted by Crippen LogP contribution is 2.22. The third kappa shape index (κ3) is 2.48. The zero-order valence-corrected chi connectivity index (χ0v) is 11.3. The minimum Gasteiger partial charge on any atom is -0.290 e. The summed E-state index contributed by atoms with van der Waals surface area (Å²) < 4.78 is 1.32. The second kappa shape index (κ2) is 5.20. The highest BCUT2D eigenvalue weighted by Gasteiger charge is 2.15. The molecule has 0 amide bonds. The van der Waals surface area contributed by atoms with Gasteiger partial charge in [-0.2, -0.15) is 5.26 Å². The first kappa shape index (κ1) is 13.2. The van der Waals surface area contributed by atoms with Crippen molar-refractivity contribution in [3.63, 3.8) is 0 Å². The van der Waals surface area contributed by atoms with Gasteiger partial charge in [0.05, 0.1) is 6.04 Å². The molecular formula is C12H12N4O2S. The molecule has 2 aromatic heterocycles. The monoisotopic (exact) mass is 276 g/mol. The third-order valence-corrected chi connectivity index (χ3v) is 4.09. The van der Waals surface area contributed by atoms with Gasteiger partial charge in [0.1, 0.15) is 16.6 Å². The highest BCUT2D eigenvalue weighted by atomic mass is 32.1. The Balaban J connectivity index is 2.50. The summed E-state index contributed by atoms with van der Waals surface area (Å²) in [4.78, 5) is 30.6. The van der Waals surface area contributed by atoms with Crippen molar-refractivity contribution in [2.75, 3.05) is 0 Å². The maximum absolute atomic E-state index is 11.8. The molecule has 0 bridgehead atoms. The molecule has 0 aliphatic carbocycles. The average molecular weight is 276 g/mol. The summed E-state index contributed by atoms with van der Waals surface area (Å²) in [6.07, 6.45) is 3.94. The van der Waals surface area contributed by atoms with Crippen LogP contribution in [0.1, 0.15) is 35.3 Å². The molecule has 0 aliphatic heterocycles. The van der Waals surface area contributed by atoms with E-state index in [0.29, 0.717) is 0 Å². The summed E-state index contributed by atoms with van der Waals surface area (Å²) in [6.45, 7) is 3.83. The van der Waals surface area contributed by atoms with Crippen molar-refractivity contribution in [1.82, 2.24) is 14.5 Å². The van der Waals surface area contributed by atoms with Crippen molar-refractivity contribution in [3.05, 3.63) is 48.7 Å². The van der Waals surface area contributed by atoms with Crippen LogP contribution in [0, 0.1) is 11.3 Å². The Bertz CT molecular complexity index is 750. The number of nitrogens with one attached hydrogen (secondary N) is 1. The molecular weight excluding hydrogens is 264 g/mol. The van der Waals surface area contributed by atoms with E-state index >= 15 is 0 Å². The van der Waals surface area contributed by atoms with Gasteiger partial charge in [-0.3, -0.25) is 14.3 Å². The predicted octanol–water partition coefficient (Wildman–Crippen LogP) is 1.04. The van der Waals surface area contributed by atoms with Gasteiger partial charge in [-0.15, -0.1) is 11.3 Å². The van der Waals surface area contributed by atoms with E-state index in [1.807, 2.05) is 6.92 Å². The van der Waals surface area contributed by atoms with Crippen molar-refractivity contribution in [2.45, 2.75) is 26.3 Å². The molecule has 19 heavy (non-hydrogen) atoms. The van der Waals surface area contributed by atoms with E-state index in [9.17, 15) is 9.59 Å². The number of hydrogen-bond acceptors (Lipinski definition) is 5. The fourth-order valence-electron chi connectivity index (χ4n) is 1.65. The molecule has 7 heteroatoms. The van der Waals surface area contributed by atoms with Gasteiger partial charge in [-0.25, -0.2) is 9.78 Å². The molecule has 1 N–H and O–H groups in total. The van der Waals surface area contributed by atoms with Crippen LogP contribution in [-0.2, 0) is 6.42 Å². The van der Waals surface area contributed by atoms with E-state index in [1.165, 1.54) is 22.1 Å².